The van der Waals surface area contributed by atoms with Gasteiger partial charge < -0.3 is 19.5 Å². The predicted molar refractivity (Wildman–Crippen MR) is 117 cm³/mol. The number of rotatable bonds is 8. The average Bonchev–Trinajstić information content (AvgIpc) is 2.74. The maximum absolute atomic E-state index is 12.0. The van der Waals surface area contributed by atoms with E-state index in [9.17, 15) is 4.79 Å². The first kappa shape index (κ1) is 21.5. The molecule has 1 aromatic carbocycles. The van der Waals surface area contributed by atoms with Gasteiger partial charge in [0.2, 0.25) is 6.79 Å². The van der Waals surface area contributed by atoms with Gasteiger partial charge in [-0.3, -0.25) is 0 Å². The number of ether oxygens (including phenoxy) is 3. The highest BCUT2D eigenvalue weighted by Crippen LogP contribution is 2.54. The van der Waals surface area contributed by atoms with Gasteiger partial charge in [-0.25, -0.2) is 4.79 Å². The Morgan fingerprint density at radius 2 is 2.03 bits per heavy atom. The maximum Gasteiger partial charge on any atom is 0.511 e. The van der Waals surface area contributed by atoms with E-state index >= 15 is 0 Å². The Morgan fingerprint density at radius 3 is 2.83 bits per heavy atom. The molecular weight excluding hydrogens is 378 g/mol. The van der Waals surface area contributed by atoms with E-state index in [1.165, 1.54) is 43.2 Å². The lowest BCUT2D eigenvalue weighted by Crippen LogP contribution is -2.59. The van der Waals surface area contributed by atoms with Crippen LogP contribution in [0.4, 0.5) is 4.79 Å². The molecule has 1 saturated heterocycles. The van der Waals surface area contributed by atoms with Crippen molar-refractivity contribution in [3.63, 3.8) is 0 Å². The molecule has 5 heteroatoms. The van der Waals surface area contributed by atoms with Crippen LogP contribution in [0.2, 0.25) is 0 Å². The molecule has 1 aromatic rings. The molecule has 3 aliphatic rings. The Kier molecular flexibility index (Phi) is 6.87. The van der Waals surface area contributed by atoms with Crippen LogP contribution in [-0.2, 0) is 21.3 Å². The molecule has 3 atom stereocenters. The molecule has 1 aliphatic heterocycles. The molecule has 0 aromatic heterocycles. The molecule has 0 radical (unpaired) electrons. The molecule has 1 saturated carbocycles. The third-order valence-electron chi connectivity index (χ3n) is 7.51. The Balaban J connectivity index is 1.38. The number of piperidine rings is 1. The lowest BCUT2D eigenvalue weighted by Gasteiger charge is -2.56. The first-order chi connectivity index (χ1) is 14.7. The zero-order valence-electron chi connectivity index (χ0n) is 18.6. The van der Waals surface area contributed by atoms with Gasteiger partial charge in [0.15, 0.2) is 0 Å². The summed E-state index contributed by atoms with van der Waals surface area (Å²) in [7, 11) is 0. The van der Waals surface area contributed by atoms with Gasteiger partial charge in [-0.2, -0.15) is 0 Å². The van der Waals surface area contributed by atoms with Crippen molar-refractivity contribution in [2.45, 2.75) is 95.6 Å². The van der Waals surface area contributed by atoms with Gasteiger partial charge in [-0.05, 0) is 74.2 Å². The van der Waals surface area contributed by atoms with Gasteiger partial charge >= 0.3 is 6.16 Å². The number of benzene rings is 1. The van der Waals surface area contributed by atoms with Crippen molar-refractivity contribution in [3.05, 3.63) is 29.3 Å². The van der Waals surface area contributed by atoms with Crippen LogP contribution in [0.5, 0.6) is 5.75 Å². The maximum atomic E-state index is 12.0. The summed E-state index contributed by atoms with van der Waals surface area (Å²) in [5, 5.41) is 3.78. The van der Waals surface area contributed by atoms with E-state index in [0.717, 1.165) is 50.3 Å². The van der Waals surface area contributed by atoms with Gasteiger partial charge in [0.25, 0.3) is 0 Å². The van der Waals surface area contributed by atoms with Crippen molar-refractivity contribution in [2.24, 2.45) is 5.92 Å². The number of hydrogen-bond donors (Lipinski definition) is 1. The highest BCUT2D eigenvalue weighted by Gasteiger charge is 2.51. The minimum absolute atomic E-state index is 0.0635. The van der Waals surface area contributed by atoms with Crippen LogP contribution in [0, 0.1) is 5.92 Å². The second-order valence-electron chi connectivity index (χ2n) is 9.32. The van der Waals surface area contributed by atoms with Crippen molar-refractivity contribution in [1.29, 1.82) is 0 Å². The molecule has 2 aliphatic carbocycles. The summed E-state index contributed by atoms with van der Waals surface area (Å²) in [4.78, 5) is 12.0. The number of nitrogens with one attached hydrogen (secondary N) is 1. The minimum atomic E-state index is -0.632. The van der Waals surface area contributed by atoms with E-state index in [1.54, 1.807) is 0 Å². The fraction of sp³-hybridized carbons (Fsp3) is 0.720. The fourth-order valence-electron chi connectivity index (χ4n) is 6.22. The molecule has 1 heterocycles. The number of hydrogen-bond acceptors (Lipinski definition) is 5. The molecular formula is C25H37NO4. The van der Waals surface area contributed by atoms with Crippen molar-refractivity contribution >= 4 is 6.16 Å². The molecule has 2 bridgehead atoms. The van der Waals surface area contributed by atoms with E-state index in [2.05, 4.69) is 31.3 Å². The van der Waals surface area contributed by atoms with Crippen LogP contribution in [0.25, 0.3) is 0 Å². The Morgan fingerprint density at radius 1 is 1.20 bits per heavy atom. The summed E-state index contributed by atoms with van der Waals surface area (Å²) < 4.78 is 16.5. The lowest BCUT2D eigenvalue weighted by atomic mass is 9.53. The molecule has 1 N–H and O–H groups in total. The summed E-state index contributed by atoms with van der Waals surface area (Å²) in [6.45, 7) is 5.19. The first-order valence-electron chi connectivity index (χ1n) is 12.0. The highest BCUT2D eigenvalue weighted by atomic mass is 16.8. The molecule has 166 valence electrons. The minimum Gasteiger partial charge on any atom is -0.457 e. The predicted octanol–water partition coefficient (Wildman–Crippen LogP) is 5.49. The molecule has 0 spiro atoms. The fourth-order valence-corrected chi connectivity index (χ4v) is 6.22. The van der Waals surface area contributed by atoms with Crippen molar-refractivity contribution in [1.82, 2.24) is 5.32 Å². The standard InChI is InChI=1S/C25H37NO4/c1-3-7-19(8-4-2)30-24(27)29-17-28-20-11-10-18-15-23-21-9-5-6-12-25(21,13-14-26-23)22(18)16-20/h10-11,16,19,21,23,26H,3-9,12-15,17H2,1-2H3/t21-,23+,25-/m1/s1. The summed E-state index contributed by atoms with van der Waals surface area (Å²) in [5.41, 5.74) is 3.24. The van der Waals surface area contributed by atoms with Gasteiger partial charge in [-0.1, -0.05) is 45.6 Å². The lowest BCUT2D eigenvalue weighted by molar-refractivity contribution is -0.0189. The Hall–Kier alpha value is -1.75. The normalized spacial score (nSPS) is 27.2. The van der Waals surface area contributed by atoms with Crippen LogP contribution in [0.3, 0.4) is 0 Å². The number of fused-ring (bicyclic) bond motifs is 1. The van der Waals surface area contributed by atoms with Crippen molar-refractivity contribution < 1.29 is 19.0 Å². The van der Waals surface area contributed by atoms with Crippen LogP contribution in [0.1, 0.15) is 82.8 Å². The van der Waals surface area contributed by atoms with E-state index < -0.39 is 6.16 Å². The second-order valence-corrected chi connectivity index (χ2v) is 9.32. The highest BCUT2D eigenvalue weighted by molar-refractivity contribution is 5.60. The quantitative estimate of drug-likeness (QED) is 0.449. The third kappa shape index (κ3) is 4.32. The first-order valence-corrected chi connectivity index (χ1v) is 12.0. The van der Waals surface area contributed by atoms with E-state index in [0.29, 0.717) is 11.5 Å². The molecule has 0 unspecified atom stereocenters. The van der Waals surface area contributed by atoms with Gasteiger partial charge in [-0.15, -0.1) is 0 Å². The molecule has 5 nitrogen and oxygen atoms in total. The van der Waals surface area contributed by atoms with Gasteiger partial charge in [0.05, 0.1) is 0 Å². The number of carbonyl (C=O) groups is 1. The van der Waals surface area contributed by atoms with E-state index in [1.807, 2.05) is 6.07 Å². The Bertz CT molecular complexity index is 726. The van der Waals surface area contributed by atoms with E-state index in [-0.39, 0.29) is 12.9 Å². The molecule has 0 amide bonds. The molecule has 2 fully saturated rings. The largest absolute Gasteiger partial charge is 0.511 e. The monoisotopic (exact) mass is 415 g/mol. The summed E-state index contributed by atoms with van der Waals surface area (Å²) in [5.74, 6) is 1.53. The van der Waals surface area contributed by atoms with Crippen LogP contribution in [-0.4, -0.2) is 31.6 Å². The molecule has 30 heavy (non-hydrogen) atoms. The zero-order chi connectivity index (χ0) is 21.0. The zero-order valence-corrected chi connectivity index (χ0v) is 18.6. The second kappa shape index (κ2) is 9.59. The smallest absolute Gasteiger partial charge is 0.457 e. The SMILES string of the molecule is CCCC(CCC)OC(=O)OCOc1ccc2c(c1)[C@@]13CCCC[C@@H]1[C@H](C2)NCC3. The van der Waals surface area contributed by atoms with Gasteiger partial charge in [0, 0.05) is 11.5 Å². The van der Waals surface area contributed by atoms with Gasteiger partial charge in [0.1, 0.15) is 11.9 Å². The topological polar surface area (TPSA) is 56.8 Å². The van der Waals surface area contributed by atoms with Crippen LogP contribution in [0.15, 0.2) is 18.2 Å². The average molecular weight is 416 g/mol. The van der Waals surface area contributed by atoms with Crippen molar-refractivity contribution in [2.75, 3.05) is 13.3 Å². The summed E-state index contributed by atoms with van der Waals surface area (Å²) >= 11 is 0. The third-order valence-corrected chi connectivity index (χ3v) is 7.51. The van der Waals surface area contributed by atoms with Crippen LogP contribution >= 0.6 is 0 Å². The van der Waals surface area contributed by atoms with Crippen molar-refractivity contribution in [3.8, 4) is 5.75 Å². The number of carbonyl (C=O) groups excluding carboxylic acids is 1. The van der Waals surface area contributed by atoms with E-state index in [4.69, 9.17) is 14.2 Å². The van der Waals surface area contributed by atoms with Crippen LogP contribution < -0.4 is 10.1 Å². The summed E-state index contributed by atoms with van der Waals surface area (Å²) in [6, 6.07) is 7.07. The Labute approximate surface area is 180 Å². The molecule has 4 rings (SSSR count). The summed E-state index contributed by atoms with van der Waals surface area (Å²) in [6.07, 6.45) is 10.6.